The lowest BCUT2D eigenvalue weighted by molar-refractivity contribution is -0.384. The number of benzene rings is 2. The fourth-order valence-electron chi connectivity index (χ4n) is 2.62. The van der Waals surface area contributed by atoms with Gasteiger partial charge in [-0.1, -0.05) is 6.07 Å². The third kappa shape index (κ3) is 4.56. The van der Waals surface area contributed by atoms with Crippen LogP contribution < -0.4 is 10.1 Å². The molecule has 0 saturated heterocycles. The van der Waals surface area contributed by atoms with Crippen molar-refractivity contribution in [3.8, 4) is 17.2 Å². The van der Waals surface area contributed by atoms with Crippen molar-refractivity contribution in [1.29, 1.82) is 0 Å². The largest absolute Gasteiger partial charge is 0.457 e. The summed E-state index contributed by atoms with van der Waals surface area (Å²) in [5.74, 6) is -10.2. The zero-order chi connectivity index (χ0) is 24.7. The number of anilines is 1. The zero-order valence-corrected chi connectivity index (χ0v) is 16.0. The molecular weight excluding hydrogens is 469 g/mol. The van der Waals surface area contributed by atoms with Crippen LogP contribution in [0.25, 0.3) is 5.69 Å². The van der Waals surface area contributed by atoms with Crippen molar-refractivity contribution < 1.29 is 45.2 Å². The fraction of sp³-hybridized carbons (Fsp3) is 0.111. The number of hydrogen-bond acceptors (Lipinski definition) is 5. The maximum Gasteiger partial charge on any atom is 0.422 e. The van der Waals surface area contributed by atoms with Gasteiger partial charge < -0.3 is 10.1 Å². The third-order valence-electron chi connectivity index (χ3n) is 3.98. The van der Waals surface area contributed by atoms with Crippen molar-refractivity contribution in [3.05, 3.63) is 69.4 Å². The molecule has 33 heavy (non-hydrogen) atoms. The Morgan fingerprint density at radius 2 is 1.61 bits per heavy atom. The van der Waals surface area contributed by atoms with E-state index in [1.165, 1.54) is 0 Å². The second-order valence-corrected chi connectivity index (χ2v) is 6.30. The quantitative estimate of drug-likeness (QED) is 0.191. The van der Waals surface area contributed by atoms with Gasteiger partial charge in [0.2, 0.25) is 11.7 Å². The van der Waals surface area contributed by atoms with Gasteiger partial charge in [-0.25, -0.2) is 22.2 Å². The first-order valence-electron chi connectivity index (χ1n) is 8.54. The van der Waals surface area contributed by atoms with E-state index in [9.17, 15) is 45.6 Å². The maximum absolute atomic E-state index is 13.9. The lowest BCUT2D eigenvalue weighted by Gasteiger charge is -2.13. The number of nitrogens with one attached hydrogen (secondary N) is 1. The van der Waals surface area contributed by atoms with E-state index in [1.54, 1.807) is 0 Å². The monoisotopic (exact) mass is 478 g/mol. The molecule has 0 aliphatic carbocycles. The molecule has 0 unspecified atom stereocenters. The first kappa shape index (κ1) is 23.5. The Hall–Kier alpha value is -4.17. The van der Waals surface area contributed by atoms with E-state index in [0.717, 1.165) is 18.4 Å². The number of rotatable bonds is 3. The van der Waals surface area contributed by atoms with Gasteiger partial charge in [-0.05, 0) is 12.1 Å². The molecule has 8 nitrogen and oxygen atoms in total. The Morgan fingerprint density at radius 1 is 1.09 bits per heavy atom. The van der Waals surface area contributed by atoms with Crippen LogP contribution in [0.15, 0.2) is 30.5 Å². The molecule has 1 N–H and O–H groups in total. The normalized spacial score (nSPS) is 11.6. The minimum atomic E-state index is -5.74. The van der Waals surface area contributed by atoms with E-state index in [-0.39, 0.29) is 10.9 Å². The molecule has 3 aromatic rings. The molecular formula is C18H9F7N4O4. The minimum Gasteiger partial charge on any atom is -0.457 e. The summed E-state index contributed by atoms with van der Waals surface area (Å²) in [5, 5.41) is 15.9. The van der Waals surface area contributed by atoms with Gasteiger partial charge in [-0.3, -0.25) is 14.9 Å². The number of alkyl halides is 3. The first-order valence-corrected chi connectivity index (χ1v) is 8.54. The highest BCUT2D eigenvalue weighted by molar-refractivity contribution is 5.89. The number of carbonyl (C=O) groups excluding carboxylic acids is 1. The van der Waals surface area contributed by atoms with Gasteiger partial charge >= 0.3 is 11.9 Å². The lowest BCUT2D eigenvalue weighted by atomic mass is 10.1. The molecule has 3 heterocycles. The van der Waals surface area contributed by atoms with Gasteiger partial charge in [-0.15, -0.1) is 5.10 Å². The molecule has 0 saturated carbocycles. The predicted molar refractivity (Wildman–Crippen MR) is 95.9 cm³/mol. The van der Waals surface area contributed by atoms with Crippen LogP contribution in [0.2, 0.25) is 0 Å². The number of amides is 1. The number of nitro groups is 1. The van der Waals surface area contributed by atoms with Crippen LogP contribution >= 0.6 is 0 Å². The highest BCUT2D eigenvalue weighted by Crippen LogP contribution is 2.38. The van der Waals surface area contributed by atoms with E-state index < -0.39 is 63.0 Å². The van der Waals surface area contributed by atoms with Gasteiger partial charge in [0.1, 0.15) is 28.9 Å². The van der Waals surface area contributed by atoms with Crippen LogP contribution in [0.1, 0.15) is 12.5 Å². The number of carbonyl (C=O) groups is 1. The summed E-state index contributed by atoms with van der Waals surface area (Å²) >= 11 is 0. The molecule has 2 aliphatic rings. The van der Waals surface area contributed by atoms with Crippen molar-refractivity contribution >= 4 is 17.4 Å². The molecule has 2 aromatic carbocycles. The molecule has 0 atom stereocenters. The molecule has 2 aliphatic heterocycles. The summed E-state index contributed by atoms with van der Waals surface area (Å²) in [4.78, 5) is 20.7. The summed E-state index contributed by atoms with van der Waals surface area (Å²) in [6.07, 6.45) is -5.48. The van der Waals surface area contributed by atoms with E-state index in [1.807, 2.05) is 29.6 Å². The number of aromatic nitrogens is 2. The van der Waals surface area contributed by atoms with E-state index in [4.69, 9.17) is 4.74 Å². The molecule has 5 rings (SSSR count). The fourth-order valence-corrected chi connectivity index (χ4v) is 2.62. The van der Waals surface area contributed by atoms with E-state index in [0.29, 0.717) is 0 Å². The summed E-state index contributed by atoms with van der Waals surface area (Å²) in [7, 11) is 0. The number of halogens is 7. The standard InChI is InChI=1S/C12H5F7N4O3.C6H4O/c1-3(24)20-11-4(23(25)26)2-22(21-11)10-8(15)6(13)5(12(17,18)19)7(14)9(10)16;1-2-5-4-6(3-1)7-5/h2H,1H3,(H,20,21,24);1-4H. The first-order chi connectivity index (χ1) is 15.3. The Kier molecular flexibility index (Phi) is 5.98. The van der Waals surface area contributed by atoms with Crippen LogP contribution in [-0.2, 0) is 11.0 Å². The van der Waals surface area contributed by atoms with Crippen molar-refractivity contribution in [2.24, 2.45) is 0 Å². The molecule has 2 bridgehead atoms. The highest BCUT2D eigenvalue weighted by Gasteiger charge is 2.43. The highest BCUT2D eigenvalue weighted by atomic mass is 19.4. The molecule has 15 heteroatoms. The van der Waals surface area contributed by atoms with Crippen molar-refractivity contribution in [1.82, 2.24) is 9.78 Å². The van der Waals surface area contributed by atoms with Gasteiger partial charge in [-0.2, -0.15) is 13.2 Å². The second kappa shape index (κ2) is 8.40. The molecule has 1 aromatic heterocycles. The maximum atomic E-state index is 13.9. The van der Waals surface area contributed by atoms with Crippen molar-refractivity contribution in [3.63, 3.8) is 0 Å². The van der Waals surface area contributed by atoms with Gasteiger partial charge in [0.15, 0.2) is 23.3 Å². The van der Waals surface area contributed by atoms with Crippen LogP contribution in [0.5, 0.6) is 11.5 Å². The zero-order valence-electron chi connectivity index (χ0n) is 16.0. The second-order valence-electron chi connectivity index (χ2n) is 6.30. The Morgan fingerprint density at radius 3 is 1.94 bits per heavy atom. The number of fused-ring (bicyclic) bond motifs is 2. The summed E-state index contributed by atoms with van der Waals surface area (Å²) in [6, 6.07) is 7.86. The predicted octanol–water partition coefficient (Wildman–Crippen LogP) is 5.11. The number of ether oxygens (including phenoxy) is 1. The number of nitrogens with zero attached hydrogens (tertiary/aromatic N) is 3. The van der Waals surface area contributed by atoms with Crippen molar-refractivity contribution in [2.45, 2.75) is 13.1 Å². The van der Waals surface area contributed by atoms with Crippen molar-refractivity contribution in [2.75, 3.05) is 5.32 Å². The Labute approximate surface area is 178 Å². The molecule has 0 fully saturated rings. The third-order valence-corrected chi connectivity index (χ3v) is 3.98. The van der Waals surface area contributed by atoms with E-state index in [2.05, 4.69) is 5.10 Å². The van der Waals surface area contributed by atoms with Gasteiger partial charge in [0.25, 0.3) is 0 Å². The van der Waals surface area contributed by atoms with E-state index >= 15 is 0 Å². The smallest absolute Gasteiger partial charge is 0.422 e. The summed E-state index contributed by atoms with van der Waals surface area (Å²) in [6.45, 7) is 0.904. The lowest BCUT2D eigenvalue weighted by Crippen LogP contribution is -2.18. The van der Waals surface area contributed by atoms with Crippen LogP contribution in [-0.4, -0.2) is 20.6 Å². The molecule has 0 spiro atoms. The minimum absolute atomic E-state index is 0.0968. The van der Waals surface area contributed by atoms with Crippen LogP contribution in [0, 0.1) is 33.4 Å². The topological polar surface area (TPSA) is 99.3 Å². The van der Waals surface area contributed by atoms with Crippen LogP contribution in [0.3, 0.4) is 0 Å². The summed E-state index contributed by atoms with van der Waals surface area (Å²) in [5.41, 5.74) is -5.60. The number of hydrogen-bond donors (Lipinski definition) is 1. The Balaban J connectivity index is 0.000000364. The SMILES string of the molecule is CC(=O)Nc1nn(-c2c(F)c(F)c(C(F)(F)F)c(F)c2F)cc1[N+](=O)[O-].c1cc2cc(c1)O2. The average molecular weight is 478 g/mol. The molecule has 174 valence electrons. The molecule has 0 radical (unpaired) electrons. The van der Waals surface area contributed by atoms with Gasteiger partial charge in [0, 0.05) is 13.0 Å². The summed E-state index contributed by atoms with van der Waals surface area (Å²) < 4.78 is 97.6. The van der Waals surface area contributed by atoms with Crippen LogP contribution in [0.4, 0.5) is 42.2 Å². The molecule has 1 amide bonds. The van der Waals surface area contributed by atoms with Gasteiger partial charge in [0.05, 0.1) is 4.92 Å². The average Bonchev–Trinajstić information content (AvgIpc) is 3.09. The Bertz CT molecular complexity index is 1220.